The third-order valence-corrected chi connectivity index (χ3v) is 4.59. The van der Waals surface area contributed by atoms with Gasteiger partial charge in [0.05, 0.1) is 18.7 Å². The fourth-order valence-corrected chi connectivity index (χ4v) is 3.19. The number of methoxy groups -OCH3 is 1. The van der Waals surface area contributed by atoms with Crippen molar-refractivity contribution in [2.45, 2.75) is 38.8 Å². The molecule has 1 heterocycles. The Bertz CT molecular complexity index is 691. The van der Waals surface area contributed by atoms with Crippen molar-refractivity contribution in [1.29, 1.82) is 0 Å². The Morgan fingerprint density at radius 3 is 2.54 bits per heavy atom. The number of halogens is 3. The second-order valence-electron chi connectivity index (χ2n) is 6.42. The fraction of sp³-hybridized carbons (Fsp3) is 0.474. The molecule has 0 spiro atoms. The summed E-state index contributed by atoms with van der Waals surface area (Å²) in [6.07, 6.45) is 2.13. The summed E-state index contributed by atoms with van der Waals surface area (Å²) in [6, 6.07) is 1.67. The number of hydrogen-bond acceptors (Lipinski definition) is 3. The van der Waals surface area contributed by atoms with E-state index < -0.39 is 12.1 Å². The highest BCUT2D eigenvalue weighted by molar-refractivity contribution is 5.98. The molecule has 1 aromatic rings. The van der Waals surface area contributed by atoms with E-state index in [1.807, 2.05) is 12.2 Å². The Morgan fingerprint density at radius 1 is 1.35 bits per heavy atom. The summed E-state index contributed by atoms with van der Waals surface area (Å²) in [4.78, 5) is 15.7. The van der Waals surface area contributed by atoms with Crippen molar-refractivity contribution < 1.29 is 22.7 Å². The highest BCUT2D eigenvalue weighted by Gasteiger charge is 2.40. The van der Waals surface area contributed by atoms with Crippen LogP contribution >= 0.6 is 0 Å². The normalized spacial score (nSPS) is 20.8. The number of carbonyl (C=O) groups excluding carboxylic acids is 1. The molecule has 26 heavy (non-hydrogen) atoms. The van der Waals surface area contributed by atoms with Gasteiger partial charge in [-0.05, 0) is 50.7 Å². The number of nitrogens with one attached hydrogen (secondary N) is 1. The van der Waals surface area contributed by atoms with Crippen LogP contribution in [0.2, 0.25) is 0 Å². The molecule has 1 saturated carbocycles. The van der Waals surface area contributed by atoms with Crippen LogP contribution in [-0.4, -0.2) is 24.2 Å². The zero-order valence-electron chi connectivity index (χ0n) is 14.9. The molecular weight excluding hydrogens is 345 g/mol. The molecule has 0 atom stereocenters. The number of nitrogens with zero attached hydrogens (tertiary/aromatic N) is 1. The Kier molecular flexibility index (Phi) is 6.45. The van der Waals surface area contributed by atoms with E-state index >= 15 is 0 Å². The van der Waals surface area contributed by atoms with Crippen molar-refractivity contribution in [2.24, 2.45) is 11.8 Å². The van der Waals surface area contributed by atoms with Crippen LogP contribution in [0.4, 0.5) is 19.0 Å². The Hall–Kier alpha value is -2.31. The van der Waals surface area contributed by atoms with Gasteiger partial charge in [0.2, 0.25) is 5.91 Å². The number of hydrogen-bond donors (Lipinski definition) is 1. The number of allylic oxidation sites excluding steroid dienone is 1. The average Bonchev–Trinajstić information content (AvgIpc) is 2.59. The first kappa shape index (κ1) is 20.0. The molecule has 0 unspecified atom stereocenters. The van der Waals surface area contributed by atoms with Gasteiger partial charge in [0.15, 0.2) is 0 Å². The van der Waals surface area contributed by atoms with Gasteiger partial charge >= 0.3 is 6.18 Å². The van der Waals surface area contributed by atoms with Gasteiger partial charge in [0.25, 0.3) is 0 Å². The average molecular weight is 368 g/mol. The van der Waals surface area contributed by atoms with Gasteiger partial charge in [0.1, 0.15) is 11.6 Å². The number of aromatic nitrogens is 1. The van der Waals surface area contributed by atoms with Gasteiger partial charge in [-0.1, -0.05) is 18.7 Å². The summed E-state index contributed by atoms with van der Waals surface area (Å²) in [6.45, 7) is 5.16. The minimum Gasteiger partial charge on any atom is -0.494 e. The fourth-order valence-electron chi connectivity index (χ4n) is 3.19. The largest absolute Gasteiger partial charge is 0.494 e. The van der Waals surface area contributed by atoms with Crippen molar-refractivity contribution >= 4 is 17.8 Å². The lowest BCUT2D eigenvalue weighted by Gasteiger charge is -2.28. The van der Waals surface area contributed by atoms with Crippen LogP contribution in [0.25, 0.3) is 6.08 Å². The van der Waals surface area contributed by atoms with Crippen LogP contribution in [0.5, 0.6) is 5.75 Å². The van der Waals surface area contributed by atoms with E-state index in [9.17, 15) is 18.0 Å². The summed E-state index contributed by atoms with van der Waals surface area (Å²) < 4.78 is 43.6. The Morgan fingerprint density at radius 2 is 2.00 bits per heavy atom. The molecule has 1 fully saturated rings. The number of amides is 1. The lowest BCUT2D eigenvalue weighted by molar-refractivity contribution is -0.183. The molecule has 1 aliphatic carbocycles. The van der Waals surface area contributed by atoms with Gasteiger partial charge < -0.3 is 10.1 Å². The number of alkyl halides is 3. The molecule has 142 valence electrons. The predicted octanol–water partition coefficient (Wildman–Crippen LogP) is 4.91. The first-order valence-corrected chi connectivity index (χ1v) is 8.48. The monoisotopic (exact) mass is 368 g/mol. The van der Waals surface area contributed by atoms with Crippen molar-refractivity contribution in [3.8, 4) is 5.75 Å². The first-order valence-electron chi connectivity index (χ1n) is 8.48. The SMILES string of the molecule is C=CC(=O)Nc1cc(/C=C/[C@H]2CC[C@H](C(F)(F)F)CC2)c(OC)c(C)n1. The van der Waals surface area contributed by atoms with Crippen molar-refractivity contribution in [3.05, 3.63) is 36.1 Å². The van der Waals surface area contributed by atoms with Crippen molar-refractivity contribution in [3.63, 3.8) is 0 Å². The van der Waals surface area contributed by atoms with E-state index in [2.05, 4.69) is 16.9 Å². The van der Waals surface area contributed by atoms with Gasteiger partial charge in [-0.25, -0.2) is 4.98 Å². The number of ether oxygens (including phenoxy) is 1. The molecule has 0 aliphatic heterocycles. The van der Waals surface area contributed by atoms with E-state index in [1.54, 1.807) is 13.0 Å². The smallest absolute Gasteiger partial charge is 0.391 e. The molecule has 1 amide bonds. The maximum Gasteiger partial charge on any atom is 0.391 e. The Balaban J connectivity index is 2.13. The molecular formula is C19H23F3N2O2. The summed E-state index contributed by atoms with van der Waals surface area (Å²) in [5.74, 6) is -0.526. The second-order valence-corrected chi connectivity index (χ2v) is 6.42. The van der Waals surface area contributed by atoms with E-state index in [-0.39, 0.29) is 24.7 Å². The summed E-state index contributed by atoms with van der Waals surface area (Å²) >= 11 is 0. The van der Waals surface area contributed by atoms with E-state index in [0.29, 0.717) is 30.1 Å². The molecule has 2 rings (SSSR count). The number of aryl methyl sites for hydroxylation is 1. The van der Waals surface area contributed by atoms with Crippen LogP contribution in [-0.2, 0) is 4.79 Å². The number of pyridine rings is 1. The predicted molar refractivity (Wildman–Crippen MR) is 94.9 cm³/mol. The molecule has 1 aromatic heterocycles. The summed E-state index contributed by atoms with van der Waals surface area (Å²) in [7, 11) is 1.53. The summed E-state index contributed by atoms with van der Waals surface area (Å²) in [5.41, 5.74) is 1.33. The zero-order chi connectivity index (χ0) is 19.3. The number of anilines is 1. The van der Waals surface area contributed by atoms with Crippen molar-refractivity contribution in [1.82, 2.24) is 4.98 Å². The maximum atomic E-state index is 12.8. The molecule has 7 heteroatoms. The van der Waals surface area contributed by atoms with Gasteiger partial charge in [-0.3, -0.25) is 4.79 Å². The lowest BCUT2D eigenvalue weighted by atomic mass is 9.81. The molecule has 4 nitrogen and oxygen atoms in total. The molecule has 1 aliphatic rings. The van der Waals surface area contributed by atoms with Gasteiger partial charge in [-0.15, -0.1) is 0 Å². The van der Waals surface area contributed by atoms with Crippen LogP contribution < -0.4 is 10.1 Å². The highest BCUT2D eigenvalue weighted by Crippen LogP contribution is 2.40. The molecule has 0 bridgehead atoms. The standard InChI is InChI=1S/C19H23F3N2O2/c1-4-17(25)24-16-11-14(18(26-3)12(2)23-16)8-5-13-6-9-15(10-7-13)19(20,21)22/h4-5,8,11,13,15H,1,6-7,9-10H2,2-3H3,(H,23,24,25)/b8-5+/t13-,15-. The van der Waals surface area contributed by atoms with Gasteiger partial charge in [0, 0.05) is 5.56 Å². The minimum absolute atomic E-state index is 0.0954. The number of carbonyl (C=O) groups is 1. The molecule has 0 radical (unpaired) electrons. The first-order chi connectivity index (χ1) is 12.2. The molecule has 0 aromatic carbocycles. The topological polar surface area (TPSA) is 51.2 Å². The minimum atomic E-state index is -4.10. The van der Waals surface area contributed by atoms with E-state index in [0.717, 1.165) is 11.6 Å². The van der Waals surface area contributed by atoms with Crippen LogP contribution in [0.15, 0.2) is 24.8 Å². The van der Waals surface area contributed by atoms with Crippen LogP contribution in [0.3, 0.4) is 0 Å². The molecule has 1 N–H and O–H groups in total. The Labute approximate surface area is 151 Å². The quantitative estimate of drug-likeness (QED) is 0.752. The molecule has 0 saturated heterocycles. The number of rotatable bonds is 5. The van der Waals surface area contributed by atoms with E-state index in [4.69, 9.17) is 4.74 Å². The van der Waals surface area contributed by atoms with Crippen LogP contribution in [0, 0.1) is 18.8 Å². The van der Waals surface area contributed by atoms with E-state index in [1.165, 1.54) is 7.11 Å². The van der Waals surface area contributed by atoms with Crippen LogP contribution in [0.1, 0.15) is 36.9 Å². The summed E-state index contributed by atoms with van der Waals surface area (Å²) in [5, 5.41) is 2.60. The third-order valence-electron chi connectivity index (χ3n) is 4.59. The van der Waals surface area contributed by atoms with Gasteiger partial charge in [-0.2, -0.15) is 13.2 Å². The third kappa shape index (κ3) is 5.09. The lowest BCUT2D eigenvalue weighted by Crippen LogP contribution is -2.27. The zero-order valence-corrected chi connectivity index (χ0v) is 14.9. The highest BCUT2D eigenvalue weighted by atomic mass is 19.4. The second kappa shape index (κ2) is 8.38. The van der Waals surface area contributed by atoms with Crippen molar-refractivity contribution in [2.75, 3.05) is 12.4 Å². The maximum absolute atomic E-state index is 12.8.